The van der Waals surface area contributed by atoms with Crippen molar-refractivity contribution in [3.05, 3.63) is 241 Å². The van der Waals surface area contributed by atoms with E-state index in [9.17, 15) is 0 Å². The van der Waals surface area contributed by atoms with Gasteiger partial charge in [-0.3, -0.25) is 0 Å². The minimum Gasteiger partial charge on any atom is -0.228 e. The SMILES string of the molecule is CC1(c2ccccc2)c2ccccc2-c2ccc(-c3ccc(-c4ccc(-c5cc(-c6ccc(-c7ccccc7)cc6)nc(-c6ccccc6)n5)c5ccccc45)cc3)cc21. The highest BCUT2D eigenvalue weighted by Crippen LogP contribution is 2.53. The fourth-order valence-corrected chi connectivity index (χ4v) is 9.28. The zero-order valence-corrected chi connectivity index (χ0v) is 33.3. The van der Waals surface area contributed by atoms with Gasteiger partial charge in [0.05, 0.1) is 11.4 Å². The van der Waals surface area contributed by atoms with Crippen molar-refractivity contribution in [3.8, 4) is 78.4 Å². The lowest BCUT2D eigenvalue weighted by molar-refractivity contribution is 0.714. The van der Waals surface area contributed by atoms with Crippen LogP contribution in [0.1, 0.15) is 23.6 Å². The second-order valence-electron chi connectivity index (χ2n) is 15.9. The maximum atomic E-state index is 5.22. The average molecular weight is 765 g/mol. The van der Waals surface area contributed by atoms with E-state index in [1.165, 1.54) is 66.6 Å². The van der Waals surface area contributed by atoms with Gasteiger partial charge >= 0.3 is 0 Å². The molecule has 0 aliphatic heterocycles. The summed E-state index contributed by atoms with van der Waals surface area (Å²) in [6, 6.07) is 80.7. The molecular weight excluding hydrogens is 725 g/mol. The van der Waals surface area contributed by atoms with Crippen molar-refractivity contribution >= 4 is 10.8 Å². The number of hydrogen-bond acceptors (Lipinski definition) is 2. The largest absolute Gasteiger partial charge is 0.228 e. The van der Waals surface area contributed by atoms with Crippen LogP contribution in [0.3, 0.4) is 0 Å². The van der Waals surface area contributed by atoms with Crippen molar-refractivity contribution in [1.29, 1.82) is 0 Å². The van der Waals surface area contributed by atoms with Crippen molar-refractivity contribution < 1.29 is 0 Å². The van der Waals surface area contributed by atoms with Gasteiger partial charge < -0.3 is 0 Å². The molecule has 0 radical (unpaired) electrons. The third kappa shape index (κ3) is 6.04. The third-order valence-corrected chi connectivity index (χ3v) is 12.4. The molecule has 282 valence electrons. The fraction of sp³-hybridized carbons (Fsp3) is 0.0345. The van der Waals surface area contributed by atoms with E-state index in [-0.39, 0.29) is 5.41 Å². The number of rotatable bonds is 7. The first-order valence-electron chi connectivity index (χ1n) is 20.6. The van der Waals surface area contributed by atoms with Gasteiger partial charge in [-0.15, -0.1) is 0 Å². The van der Waals surface area contributed by atoms with Crippen LogP contribution in [-0.4, -0.2) is 9.97 Å². The van der Waals surface area contributed by atoms with Gasteiger partial charge in [-0.2, -0.15) is 0 Å². The second-order valence-corrected chi connectivity index (χ2v) is 15.9. The van der Waals surface area contributed by atoms with Gasteiger partial charge in [0.25, 0.3) is 0 Å². The van der Waals surface area contributed by atoms with Gasteiger partial charge in [0.15, 0.2) is 5.82 Å². The summed E-state index contributed by atoms with van der Waals surface area (Å²) in [7, 11) is 0. The number of aromatic nitrogens is 2. The van der Waals surface area contributed by atoms with Gasteiger partial charge in [-0.05, 0) is 91.0 Å². The van der Waals surface area contributed by atoms with Gasteiger partial charge in [0.2, 0.25) is 0 Å². The monoisotopic (exact) mass is 764 g/mol. The highest BCUT2D eigenvalue weighted by atomic mass is 14.9. The maximum absolute atomic E-state index is 5.22. The molecule has 11 rings (SSSR count). The molecule has 0 bridgehead atoms. The molecule has 1 heterocycles. The van der Waals surface area contributed by atoms with E-state index in [2.05, 4.69) is 207 Å². The molecule has 0 amide bonds. The molecule has 0 fully saturated rings. The quantitative estimate of drug-likeness (QED) is 0.162. The van der Waals surface area contributed by atoms with E-state index in [1.807, 2.05) is 24.3 Å². The summed E-state index contributed by atoms with van der Waals surface area (Å²) in [6.45, 7) is 2.38. The van der Waals surface area contributed by atoms with Crippen LogP contribution < -0.4 is 0 Å². The Balaban J connectivity index is 0.967. The Morgan fingerprint density at radius 3 is 1.48 bits per heavy atom. The van der Waals surface area contributed by atoms with Crippen molar-refractivity contribution in [3.63, 3.8) is 0 Å². The predicted molar refractivity (Wildman–Crippen MR) is 250 cm³/mol. The summed E-state index contributed by atoms with van der Waals surface area (Å²) in [6.07, 6.45) is 0. The highest BCUT2D eigenvalue weighted by molar-refractivity contribution is 6.05. The van der Waals surface area contributed by atoms with Crippen LogP contribution in [0.2, 0.25) is 0 Å². The molecule has 2 nitrogen and oxygen atoms in total. The molecule has 9 aromatic carbocycles. The molecule has 1 unspecified atom stereocenters. The van der Waals surface area contributed by atoms with Gasteiger partial charge in [0.1, 0.15) is 0 Å². The Hall–Kier alpha value is -7.68. The van der Waals surface area contributed by atoms with Crippen LogP contribution in [0.4, 0.5) is 0 Å². The lowest BCUT2D eigenvalue weighted by atomic mass is 9.74. The summed E-state index contributed by atoms with van der Waals surface area (Å²) in [4.78, 5) is 10.3. The zero-order valence-electron chi connectivity index (χ0n) is 33.3. The highest BCUT2D eigenvalue weighted by Gasteiger charge is 2.40. The van der Waals surface area contributed by atoms with E-state index in [0.717, 1.165) is 33.5 Å². The molecule has 0 saturated heterocycles. The standard InChI is InChI=1S/C58H40N2/c1-58(46-19-9-4-10-20-46)53-24-14-13-23-50(53)51-34-33-45(37-54(51)58)41-25-29-42(30-26-41)47-35-36-52(49-22-12-11-21-48(47)49)56-38-55(59-57(60-56)44-17-7-3-8-18-44)43-31-27-40(28-32-43)39-15-5-2-6-16-39/h2-38H,1H3. The first kappa shape index (κ1) is 35.5. The first-order chi connectivity index (χ1) is 29.6. The minimum atomic E-state index is -0.233. The van der Waals surface area contributed by atoms with Crippen LogP contribution in [-0.2, 0) is 5.41 Å². The van der Waals surface area contributed by atoms with Crippen molar-refractivity contribution in [1.82, 2.24) is 9.97 Å². The lowest BCUT2D eigenvalue weighted by Gasteiger charge is -2.28. The number of benzene rings is 9. The second kappa shape index (κ2) is 14.6. The average Bonchev–Trinajstić information content (AvgIpc) is 3.59. The Morgan fingerprint density at radius 1 is 0.300 bits per heavy atom. The smallest absolute Gasteiger partial charge is 0.160 e. The summed E-state index contributed by atoms with van der Waals surface area (Å²) in [5, 5.41) is 2.34. The van der Waals surface area contributed by atoms with E-state index < -0.39 is 0 Å². The van der Waals surface area contributed by atoms with Gasteiger partial charge in [0, 0.05) is 22.1 Å². The summed E-state index contributed by atoms with van der Waals surface area (Å²) >= 11 is 0. The Morgan fingerprint density at radius 2 is 0.767 bits per heavy atom. The van der Waals surface area contributed by atoms with Crippen molar-refractivity contribution in [2.45, 2.75) is 12.3 Å². The first-order valence-corrected chi connectivity index (χ1v) is 20.6. The fourth-order valence-electron chi connectivity index (χ4n) is 9.28. The normalized spacial score (nSPS) is 14.2. The topological polar surface area (TPSA) is 25.8 Å². The molecule has 60 heavy (non-hydrogen) atoms. The third-order valence-electron chi connectivity index (χ3n) is 12.4. The summed E-state index contributed by atoms with van der Waals surface area (Å²) < 4.78 is 0. The Kier molecular flexibility index (Phi) is 8.64. The molecule has 0 spiro atoms. The Bertz CT molecular complexity index is 3170. The van der Waals surface area contributed by atoms with E-state index in [4.69, 9.17) is 9.97 Å². The molecular formula is C58H40N2. The molecule has 0 N–H and O–H groups in total. The maximum Gasteiger partial charge on any atom is 0.160 e. The van der Waals surface area contributed by atoms with Crippen LogP contribution in [0.5, 0.6) is 0 Å². The molecule has 1 aliphatic rings. The lowest BCUT2D eigenvalue weighted by Crippen LogP contribution is -2.22. The van der Waals surface area contributed by atoms with E-state index in [1.54, 1.807) is 0 Å². The molecule has 2 heteroatoms. The van der Waals surface area contributed by atoms with Crippen LogP contribution in [0.25, 0.3) is 89.2 Å². The predicted octanol–water partition coefficient (Wildman–Crippen LogP) is 15.0. The molecule has 1 atom stereocenters. The molecule has 0 saturated carbocycles. The van der Waals surface area contributed by atoms with Gasteiger partial charge in [-0.1, -0.05) is 212 Å². The van der Waals surface area contributed by atoms with Gasteiger partial charge in [-0.25, -0.2) is 9.97 Å². The number of fused-ring (bicyclic) bond motifs is 4. The number of hydrogen-bond donors (Lipinski definition) is 0. The summed E-state index contributed by atoms with van der Waals surface area (Å²) in [5.74, 6) is 0.707. The summed E-state index contributed by atoms with van der Waals surface area (Å²) in [5.41, 5.74) is 18.5. The number of nitrogens with zero attached hydrogens (tertiary/aromatic N) is 2. The van der Waals surface area contributed by atoms with Crippen LogP contribution >= 0.6 is 0 Å². The van der Waals surface area contributed by atoms with Crippen molar-refractivity contribution in [2.24, 2.45) is 0 Å². The minimum absolute atomic E-state index is 0.233. The van der Waals surface area contributed by atoms with E-state index in [0.29, 0.717) is 5.82 Å². The molecule has 1 aromatic heterocycles. The van der Waals surface area contributed by atoms with Crippen LogP contribution in [0, 0.1) is 0 Å². The van der Waals surface area contributed by atoms with Crippen LogP contribution in [0.15, 0.2) is 224 Å². The van der Waals surface area contributed by atoms with E-state index >= 15 is 0 Å². The Labute approximate surface area is 351 Å². The zero-order chi connectivity index (χ0) is 40.0. The van der Waals surface area contributed by atoms with Crippen molar-refractivity contribution in [2.75, 3.05) is 0 Å². The molecule has 1 aliphatic carbocycles. The molecule has 10 aromatic rings.